The first-order valence-electron chi connectivity index (χ1n) is 10.1. The molecule has 10 nitrogen and oxygen atoms in total. The number of rotatable bonds is 5. The van der Waals surface area contributed by atoms with Crippen LogP contribution in [0.25, 0.3) is 0 Å². The number of piperazine rings is 1. The van der Waals surface area contributed by atoms with Crippen molar-refractivity contribution in [3.05, 3.63) is 17.7 Å². The van der Waals surface area contributed by atoms with Gasteiger partial charge in [0.25, 0.3) is 5.91 Å². The molecule has 0 saturated carbocycles. The molecule has 0 aromatic heterocycles. The van der Waals surface area contributed by atoms with Crippen molar-refractivity contribution in [1.29, 1.82) is 0 Å². The molecule has 0 unspecified atom stereocenters. The number of fused-ring (bicyclic) bond motifs is 1. The summed E-state index contributed by atoms with van der Waals surface area (Å²) >= 11 is 0. The van der Waals surface area contributed by atoms with Gasteiger partial charge in [-0.05, 0) is 32.4 Å². The summed E-state index contributed by atoms with van der Waals surface area (Å²) in [7, 11) is -3.81. The second-order valence-electron chi connectivity index (χ2n) is 7.58. The van der Waals surface area contributed by atoms with E-state index in [1.54, 1.807) is 24.8 Å². The van der Waals surface area contributed by atoms with Crippen molar-refractivity contribution in [3.8, 4) is 5.75 Å². The van der Waals surface area contributed by atoms with Crippen LogP contribution in [0.4, 0.5) is 10.5 Å². The summed E-state index contributed by atoms with van der Waals surface area (Å²) in [4.78, 5) is 39.1. The van der Waals surface area contributed by atoms with E-state index in [4.69, 9.17) is 9.47 Å². The van der Waals surface area contributed by atoms with Gasteiger partial charge in [0.05, 0.1) is 22.4 Å². The van der Waals surface area contributed by atoms with E-state index in [0.29, 0.717) is 37.4 Å². The molecule has 1 aromatic rings. The molecule has 1 aromatic carbocycles. The standard InChI is InChI=1S/C20H27N3O7S/c1-4-29-20(26)23-7-5-22(6-8-23)19(25)10-14(3)31(27,28)17-11-16-15(9-13(17)2)21-18(24)12-30-16/h9,11,14H,4-8,10,12H2,1-3H3,(H,21,24)/t14-/m1/s1. The molecule has 11 heteroatoms. The van der Waals surface area contributed by atoms with Gasteiger partial charge >= 0.3 is 6.09 Å². The van der Waals surface area contributed by atoms with Crippen molar-refractivity contribution in [3.63, 3.8) is 0 Å². The highest BCUT2D eigenvalue weighted by Crippen LogP contribution is 2.34. The third-order valence-corrected chi connectivity index (χ3v) is 7.65. The lowest BCUT2D eigenvalue weighted by Crippen LogP contribution is -2.51. The molecule has 0 bridgehead atoms. The molecule has 2 aliphatic rings. The maximum atomic E-state index is 13.2. The number of nitrogens with zero attached hydrogens (tertiary/aromatic N) is 2. The van der Waals surface area contributed by atoms with Crippen molar-refractivity contribution < 1.29 is 32.3 Å². The number of hydrogen-bond donors (Lipinski definition) is 1. The minimum Gasteiger partial charge on any atom is -0.482 e. The van der Waals surface area contributed by atoms with E-state index in [-0.39, 0.29) is 42.1 Å². The fourth-order valence-corrected chi connectivity index (χ4v) is 5.15. The number of sulfone groups is 1. The first-order valence-corrected chi connectivity index (χ1v) is 11.7. The van der Waals surface area contributed by atoms with Gasteiger partial charge in [-0.15, -0.1) is 0 Å². The molecule has 3 amide bonds. The molecule has 2 aliphatic heterocycles. The monoisotopic (exact) mass is 453 g/mol. The molecule has 1 N–H and O–H groups in total. The number of carbonyl (C=O) groups is 3. The van der Waals surface area contributed by atoms with Crippen LogP contribution >= 0.6 is 0 Å². The number of hydrogen-bond acceptors (Lipinski definition) is 7. The van der Waals surface area contributed by atoms with Gasteiger partial charge in [-0.1, -0.05) is 0 Å². The number of ether oxygens (including phenoxy) is 2. The second kappa shape index (κ2) is 9.13. The van der Waals surface area contributed by atoms with Gasteiger partial charge in [0.15, 0.2) is 16.4 Å². The molecule has 1 atom stereocenters. The average Bonchev–Trinajstić information content (AvgIpc) is 2.73. The number of anilines is 1. The maximum Gasteiger partial charge on any atom is 0.409 e. The van der Waals surface area contributed by atoms with E-state index in [0.717, 1.165) is 0 Å². The van der Waals surface area contributed by atoms with Gasteiger partial charge in [0.2, 0.25) is 5.91 Å². The molecule has 0 aliphatic carbocycles. The van der Waals surface area contributed by atoms with Crippen LogP contribution in [0, 0.1) is 6.92 Å². The van der Waals surface area contributed by atoms with Crippen molar-refractivity contribution in [1.82, 2.24) is 9.80 Å². The Kier molecular flexibility index (Phi) is 6.73. The van der Waals surface area contributed by atoms with Gasteiger partial charge in [-0.25, -0.2) is 13.2 Å². The topological polar surface area (TPSA) is 122 Å². The highest BCUT2D eigenvalue weighted by Gasteiger charge is 2.32. The van der Waals surface area contributed by atoms with Crippen molar-refractivity contribution in [2.24, 2.45) is 0 Å². The summed E-state index contributed by atoms with van der Waals surface area (Å²) in [6, 6.07) is 2.96. The zero-order chi connectivity index (χ0) is 22.8. The Morgan fingerprint density at radius 3 is 2.48 bits per heavy atom. The van der Waals surface area contributed by atoms with E-state index in [9.17, 15) is 22.8 Å². The fourth-order valence-electron chi connectivity index (χ4n) is 3.58. The Balaban J connectivity index is 1.66. The minimum absolute atomic E-state index is 0.0785. The average molecular weight is 454 g/mol. The number of amides is 3. The van der Waals surface area contributed by atoms with Crippen molar-refractivity contribution >= 4 is 33.4 Å². The van der Waals surface area contributed by atoms with Crippen LogP contribution in [-0.2, 0) is 24.2 Å². The molecule has 3 rings (SSSR count). The summed E-state index contributed by atoms with van der Waals surface area (Å²) in [5.74, 6) is -0.291. The molecule has 2 heterocycles. The first kappa shape index (κ1) is 22.9. The van der Waals surface area contributed by atoms with Crippen molar-refractivity contribution in [2.45, 2.75) is 37.3 Å². The number of benzene rings is 1. The summed E-state index contributed by atoms with van der Waals surface area (Å²) in [5, 5.41) is 1.70. The molecular formula is C20H27N3O7S. The van der Waals surface area contributed by atoms with E-state index in [1.807, 2.05) is 0 Å². The Bertz CT molecular complexity index is 985. The van der Waals surface area contributed by atoms with Gasteiger partial charge in [0.1, 0.15) is 5.75 Å². The predicted octanol–water partition coefficient (Wildman–Crippen LogP) is 1.18. The van der Waals surface area contributed by atoms with Crippen LogP contribution in [0.1, 0.15) is 25.8 Å². The van der Waals surface area contributed by atoms with E-state index >= 15 is 0 Å². The smallest absolute Gasteiger partial charge is 0.409 e. The molecule has 170 valence electrons. The Morgan fingerprint density at radius 1 is 1.19 bits per heavy atom. The number of nitrogens with one attached hydrogen (secondary N) is 1. The molecule has 0 radical (unpaired) electrons. The van der Waals surface area contributed by atoms with Gasteiger partial charge in [-0.2, -0.15) is 0 Å². The lowest BCUT2D eigenvalue weighted by molar-refractivity contribution is -0.132. The first-order chi connectivity index (χ1) is 14.6. The Labute approximate surface area is 181 Å². The molecule has 1 fully saturated rings. The van der Waals surface area contributed by atoms with Crippen LogP contribution in [0.5, 0.6) is 5.75 Å². The highest BCUT2D eigenvalue weighted by atomic mass is 32.2. The minimum atomic E-state index is -3.81. The fraction of sp³-hybridized carbons (Fsp3) is 0.550. The highest BCUT2D eigenvalue weighted by molar-refractivity contribution is 7.92. The predicted molar refractivity (Wildman–Crippen MR) is 112 cm³/mol. The number of carbonyl (C=O) groups excluding carboxylic acids is 3. The van der Waals surface area contributed by atoms with Crippen LogP contribution in [0.3, 0.4) is 0 Å². The zero-order valence-corrected chi connectivity index (χ0v) is 18.7. The van der Waals surface area contributed by atoms with Crippen LogP contribution < -0.4 is 10.1 Å². The van der Waals surface area contributed by atoms with E-state index in [2.05, 4.69) is 5.32 Å². The summed E-state index contributed by atoms with van der Waals surface area (Å²) < 4.78 is 36.6. The lowest BCUT2D eigenvalue weighted by atomic mass is 10.2. The molecule has 0 spiro atoms. The second-order valence-corrected chi connectivity index (χ2v) is 9.91. The van der Waals surface area contributed by atoms with Crippen LogP contribution in [-0.4, -0.2) is 80.8 Å². The van der Waals surface area contributed by atoms with E-state index < -0.39 is 21.2 Å². The van der Waals surface area contributed by atoms with E-state index in [1.165, 1.54) is 17.9 Å². The maximum absolute atomic E-state index is 13.2. The summed E-state index contributed by atoms with van der Waals surface area (Å²) in [6.07, 6.45) is -0.581. The van der Waals surface area contributed by atoms with Crippen LogP contribution in [0.2, 0.25) is 0 Å². The normalized spacial score (nSPS) is 17.3. The Hall–Kier alpha value is -2.82. The molecular weight excluding hydrogens is 426 g/mol. The third-order valence-electron chi connectivity index (χ3n) is 5.37. The largest absolute Gasteiger partial charge is 0.482 e. The summed E-state index contributed by atoms with van der Waals surface area (Å²) in [6.45, 7) is 6.32. The number of aryl methyl sites for hydroxylation is 1. The van der Waals surface area contributed by atoms with Gasteiger partial charge in [-0.3, -0.25) is 9.59 Å². The SMILES string of the molecule is CCOC(=O)N1CCN(C(=O)C[C@@H](C)S(=O)(=O)c2cc3c(cc2C)NC(=O)CO3)CC1. The third kappa shape index (κ3) is 4.92. The Morgan fingerprint density at radius 2 is 1.84 bits per heavy atom. The van der Waals surface area contributed by atoms with Gasteiger partial charge < -0.3 is 24.6 Å². The molecule has 1 saturated heterocycles. The molecule has 31 heavy (non-hydrogen) atoms. The van der Waals surface area contributed by atoms with Crippen LogP contribution in [0.15, 0.2) is 17.0 Å². The summed E-state index contributed by atoms with van der Waals surface area (Å²) in [5.41, 5.74) is 0.891. The van der Waals surface area contributed by atoms with Gasteiger partial charge in [0, 0.05) is 38.7 Å². The lowest BCUT2D eigenvalue weighted by Gasteiger charge is -2.34. The zero-order valence-electron chi connectivity index (χ0n) is 17.8. The quantitative estimate of drug-likeness (QED) is 0.710. The van der Waals surface area contributed by atoms with Crippen molar-refractivity contribution in [2.75, 3.05) is 44.7 Å².